The fourth-order valence-electron chi connectivity index (χ4n) is 3.51. The SMILES string of the molecule is CC(C)n1ccnc1C1CCN(C(=O)Cc2ccc(CO)cc2)CC1. The summed E-state index contributed by atoms with van der Waals surface area (Å²) in [4.78, 5) is 19.1. The number of aromatic nitrogens is 2. The van der Waals surface area contributed by atoms with Gasteiger partial charge in [0.1, 0.15) is 5.82 Å². The van der Waals surface area contributed by atoms with Crippen LogP contribution >= 0.6 is 0 Å². The van der Waals surface area contributed by atoms with Crippen LogP contribution in [0.5, 0.6) is 0 Å². The van der Waals surface area contributed by atoms with Gasteiger partial charge in [-0.15, -0.1) is 0 Å². The molecule has 5 nitrogen and oxygen atoms in total. The van der Waals surface area contributed by atoms with E-state index in [0.717, 1.165) is 42.9 Å². The van der Waals surface area contributed by atoms with Gasteiger partial charge in [-0.3, -0.25) is 4.79 Å². The number of piperidine rings is 1. The van der Waals surface area contributed by atoms with Crippen LogP contribution in [0.25, 0.3) is 0 Å². The van der Waals surface area contributed by atoms with Crippen molar-refractivity contribution < 1.29 is 9.90 Å². The molecule has 1 aliphatic heterocycles. The van der Waals surface area contributed by atoms with Crippen LogP contribution < -0.4 is 0 Å². The Labute approximate surface area is 149 Å². The predicted molar refractivity (Wildman–Crippen MR) is 97.2 cm³/mol. The maximum absolute atomic E-state index is 12.5. The number of amides is 1. The van der Waals surface area contributed by atoms with Crippen LogP contribution in [0.3, 0.4) is 0 Å². The number of imidazole rings is 1. The fraction of sp³-hybridized carbons (Fsp3) is 0.500. The molecule has 134 valence electrons. The lowest BCUT2D eigenvalue weighted by molar-refractivity contribution is -0.131. The van der Waals surface area contributed by atoms with Gasteiger partial charge < -0.3 is 14.6 Å². The number of nitrogens with zero attached hydrogens (tertiary/aromatic N) is 3. The number of hydrogen-bond acceptors (Lipinski definition) is 3. The van der Waals surface area contributed by atoms with E-state index in [9.17, 15) is 4.79 Å². The zero-order valence-corrected chi connectivity index (χ0v) is 15.1. The first-order valence-electron chi connectivity index (χ1n) is 9.07. The molecule has 0 unspecified atom stereocenters. The standard InChI is InChI=1S/C20H27N3O2/c1-15(2)23-12-9-21-20(23)18-7-10-22(11-8-18)19(25)13-16-3-5-17(14-24)6-4-16/h3-6,9,12,15,18,24H,7-8,10-11,13-14H2,1-2H3. The minimum Gasteiger partial charge on any atom is -0.392 e. The number of carbonyl (C=O) groups excluding carboxylic acids is 1. The van der Waals surface area contributed by atoms with Crippen molar-refractivity contribution in [3.05, 3.63) is 53.6 Å². The topological polar surface area (TPSA) is 58.4 Å². The van der Waals surface area contributed by atoms with Crippen LogP contribution in [0.2, 0.25) is 0 Å². The van der Waals surface area contributed by atoms with Gasteiger partial charge in [-0.25, -0.2) is 4.98 Å². The van der Waals surface area contributed by atoms with Gasteiger partial charge in [0.25, 0.3) is 0 Å². The van der Waals surface area contributed by atoms with Crippen LogP contribution in [0.15, 0.2) is 36.7 Å². The molecule has 0 bridgehead atoms. The Morgan fingerprint density at radius 2 is 1.84 bits per heavy atom. The van der Waals surface area contributed by atoms with Gasteiger partial charge in [0.15, 0.2) is 0 Å². The average molecular weight is 341 g/mol. The van der Waals surface area contributed by atoms with Gasteiger partial charge >= 0.3 is 0 Å². The van der Waals surface area contributed by atoms with Gasteiger partial charge in [0, 0.05) is 37.4 Å². The van der Waals surface area contributed by atoms with Crippen molar-refractivity contribution in [3.63, 3.8) is 0 Å². The quantitative estimate of drug-likeness (QED) is 0.910. The molecule has 2 heterocycles. The molecule has 1 amide bonds. The Hall–Kier alpha value is -2.14. The lowest BCUT2D eigenvalue weighted by Crippen LogP contribution is -2.39. The summed E-state index contributed by atoms with van der Waals surface area (Å²) < 4.78 is 2.24. The Morgan fingerprint density at radius 3 is 2.44 bits per heavy atom. The van der Waals surface area contributed by atoms with E-state index in [0.29, 0.717) is 18.4 Å². The molecule has 1 aromatic heterocycles. The molecule has 1 aliphatic rings. The van der Waals surface area contributed by atoms with Gasteiger partial charge in [-0.05, 0) is 37.8 Å². The summed E-state index contributed by atoms with van der Waals surface area (Å²) >= 11 is 0. The first-order chi connectivity index (χ1) is 12.1. The molecular formula is C20H27N3O2. The zero-order valence-electron chi connectivity index (χ0n) is 15.1. The number of carbonyl (C=O) groups is 1. The van der Waals surface area contributed by atoms with E-state index in [1.165, 1.54) is 0 Å². The molecule has 1 saturated heterocycles. The van der Waals surface area contributed by atoms with Gasteiger partial charge in [0.2, 0.25) is 5.91 Å². The summed E-state index contributed by atoms with van der Waals surface area (Å²) in [6.07, 6.45) is 6.30. The third kappa shape index (κ3) is 4.10. The molecule has 2 aromatic rings. The second kappa shape index (κ2) is 7.83. The third-order valence-electron chi connectivity index (χ3n) is 5.03. The van der Waals surface area contributed by atoms with Crippen molar-refractivity contribution in [3.8, 4) is 0 Å². The lowest BCUT2D eigenvalue weighted by atomic mass is 9.95. The molecule has 0 atom stereocenters. The summed E-state index contributed by atoms with van der Waals surface area (Å²) in [5.41, 5.74) is 1.87. The molecule has 25 heavy (non-hydrogen) atoms. The molecule has 0 spiro atoms. The predicted octanol–water partition coefficient (Wildman–Crippen LogP) is 2.91. The highest BCUT2D eigenvalue weighted by Gasteiger charge is 2.26. The smallest absolute Gasteiger partial charge is 0.226 e. The monoisotopic (exact) mass is 341 g/mol. The van der Waals surface area contributed by atoms with Crippen LogP contribution in [-0.2, 0) is 17.8 Å². The molecule has 3 rings (SSSR count). The molecule has 0 radical (unpaired) electrons. The summed E-state index contributed by atoms with van der Waals surface area (Å²) in [6.45, 7) is 5.97. The Morgan fingerprint density at radius 1 is 1.20 bits per heavy atom. The van der Waals surface area contributed by atoms with Crippen molar-refractivity contribution in [1.82, 2.24) is 14.5 Å². The Balaban J connectivity index is 1.56. The van der Waals surface area contributed by atoms with Gasteiger partial charge in [-0.2, -0.15) is 0 Å². The van der Waals surface area contributed by atoms with E-state index in [1.54, 1.807) is 0 Å². The van der Waals surface area contributed by atoms with E-state index in [-0.39, 0.29) is 12.5 Å². The number of aliphatic hydroxyl groups excluding tert-OH is 1. The van der Waals surface area contributed by atoms with E-state index in [1.807, 2.05) is 41.6 Å². The van der Waals surface area contributed by atoms with Crippen molar-refractivity contribution >= 4 is 5.91 Å². The molecule has 0 saturated carbocycles. The summed E-state index contributed by atoms with van der Waals surface area (Å²) in [7, 11) is 0. The summed E-state index contributed by atoms with van der Waals surface area (Å²) in [6, 6.07) is 8.02. The molecule has 1 fully saturated rings. The van der Waals surface area contributed by atoms with Crippen LogP contribution in [0.1, 0.15) is 55.6 Å². The molecule has 0 aliphatic carbocycles. The average Bonchev–Trinajstić information content (AvgIpc) is 3.12. The number of hydrogen-bond donors (Lipinski definition) is 1. The lowest BCUT2D eigenvalue weighted by Gasteiger charge is -2.32. The van der Waals surface area contributed by atoms with Crippen molar-refractivity contribution in [1.29, 1.82) is 0 Å². The highest BCUT2D eigenvalue weighted by Crippen LogP contribution is 2.28. The Kier molecular flexibility index (Phi) is 5.53. The summed E-state index contributed by atoms with van der Waals surface area (Å²) in [5.74, 6) is 1.77. The molecule has 1 N–H and O–H groups in total. The first kappa shape index (κ1) is 17.7. The van der Waals surface area contributed by atoms with E-state index < -0.39 is 0 Å². The normalized spacial score (nSPS) is 15.8. The number of rotatable bonds is 5. The zero-order chi connectivity index (χ0) is 17.8. The van der Waals surface area contributed by atoms with Crippen molar-refractivity contribution in [2.75, 3.05) is 13.1 Å². The largest absolute Gasteiger partial charge is 0.392 e. The number of benzene rings is 1. The van der Waals surface area contributed by atoms with Gasteiger partial charge in [-0.1, -0.05) is 24.3 Å². The number of aliphatic hydroxyl groups is 1. The highest BCUT2D eigenvalue weighted by atomic mass is 16.3. The first-order valence-corrected chi connectivity index (χ1v) is 9.07. The van der Waals surface area contributed by atoms with Crippen LogP contribution in [0.4, 0.5) is 0 Å². The fourth-order valence-corrected chi connectivity index (χ4v) is 3.51. The maximum Gasteiger partial charge on any atom is 0.226 e. The molecule has 5 heteroatoms. The Bertz CT molecular complexity index is 698. The highest BCUT2D eigenvalue weighted by molar-refractivity contribution is 5.78. The van der Waals surface area contributed by atoms with E-state index in [4.69, 9.17) is 5.11 Å². The maximum atomic E-state index is 12.5. The third-order valence-corrected chi connectivity index (χ3v) is 5.03. The molecule has 1 aromatic carbocycles. The minimum atomic E-state index is 0.0356. The number of likely N-dealkylation sites (tertiary alicyclic amines) is 1. The second-order valence-electron chi connectivity index (χ2n) is 7.09. The van der Waals surface area contributed by atoms with Crippen molar-refractivity contribution in [2.24, 2.45) is 0 Å². The van der Waals surface area contributed by atoms with Gasteiger partial charge in [0.05, 0.1) is 13.0 Å². The summed E-state index contributed by atoms with van der Waals surface area (Å²) in [5, 5.41) is 9.09. The minimum absolute atomic E-state index is 0.0356. The van der Waals surface area contributed by atoms with E-state index >= 15 is 0 Å². The molecular weight excluding hydrogens is 314 g/mol. The van der Waals surface area contributed by atoms with Crippen LogP contribution in [-0.4, -0.2) is 38.6 Å². The van der Waals surface area contributed by atoms with Crippen LogP contribution in [0, 0.1) is 0 Å². The second-order valence-corrected chi connectivity index (χ2v) is 7.09. The van der Waals surface area contributed by atoms with E-state index in [2.05, 4.69) is 23.4 Å². The van der Waals surface area contributed by atoms with Crippen molar-refractivity contribution in [2.45, 2.75) is 51.7 Å².